The number of fused-ring (bicyclic) bond motifs is 1. The monoisotopic (exact) mass is 245 g/mol. The van der Waals surface area contributed by atoms with Gasteiger partial charge in [0.25, 0.3) is 10.1 Å². The second-order valence-corrected chi connectivity index (χ2v) is 5.52. The molecule has 7 heteroatoms. The van der Waals surface area contributed by atoms with E-state index in [1.165, 1.54) is 12.1 Å². The summed E-state index contributed by atoms with van der Waals surface area (Å²) in [5.74, 6) is 0. The predicted molar refractivity (Wildman–Crippen MR) is 56.6 cm³/mol. The molecule has 0 saturated heterocycles. The van der Waals surface area contributed by atoms with Crippen molar-refractivity contribution in [1.82, 2.24) is 4.98 Å². The van der Waals surface area contributed by atoms with Crippen LogP contribution >= 0.6 is 11.3 Å². The van der Waals surface area contributed by atoms with Gasteiger partial charge in [-0.2, -0.15) is 8.42 Å². The highest BCUT2D eigenvalue weighted by Gasteiger charge is 2.13. The number of aromatic nitrogens is 1. The summed E-state index contributed by atoms with van der Waals surface area (Å²) in [4.78, 5) is 13.4. The molecule has 0 aliphatic heterocycles. The maximum atomic E-state index is 11.3. The van der Waals surface area contributed by atoms with Crippen LogP contribution in [0.2, 0.25) is 0 Å². The molecule has 15 heavy (non-hydrogen) atoms. The Balaban J connectivity index is 2.71. The van der Waals surface area contributed by atoms with E-state index in [0.29, 0.717) is 10.2 Å². The summed E-state index contributed by atoms with van der Waals surface area (Å²) in [6.07, 6.45) is 0. The van der Waals surface area contributed by atoms with E-state index in [2.05, 4.69) is 9.17 Å². The molecule has 0 amide bonds. The summed E-state index contributed by atoms with van der Waals surface area (Å²) in [5, 5.41) is 0. The third-order valence-electron chi connectivity index (χ3n) is 1.90. The number of hydrogen-bond donors (Lipinski definition) is 1. The smallest absolute Gasteiger partial charge is 0.305 e. The van der Waals surface area contributed by atoms with Gasteiger partial charge in [0.05, 0.1) is 22.2 Å². The summed E-state index contributed by atoms with van der Waals surface area (Å²) in [5.41, 5.74) is 0.625. The largest absolute Gasteiger partial charge is 0.312 e. The Morgan fingerprint density at radius 3 is 2.80 bits per heavy atom. The highest BCUT2D eigenvalue weighted by molar-refractivity contribution is 7.86. The Morgan fingerprint density at radius 2 is 2.13 bits per heavy atom. The first-order chi connectivity index (χ1) is 7.03. The van der Waals surface area contributed by atoms with Crippen LogP contribution in [-0.4, -0.2) is 20.5 Å². The lowest BCUT2D eigenvalue weighted by atomic mass is 10.3. The Morgan fingerprint density at radius 1 is 1.40 bits per heavy atom. The first-order valence-corrected chi connectivity index (χ1v) is 6.19. The number of aromatic amines is 1. The summed E-state index contributed by atoms with van der Waals surface area (Å²) in [6, 6.07) is 4.35. The Labute approximate surface area is 89.4 Å². The zero-order chi connectivity index (χ0) is 11.1. The minimum absolute atomic E-state index is 0.0488. The average Bonchev–Trinajstić information content (AvgIpc) is 2.56. The lowest BCUT2D eigenvalue weighted by molar-refractivity contribution is 0.398. The van der Waals surface area contributed by atoms with Crippen molar-refractivity contribution in [3.8, 4) is 0 Å². The van der Waals surface area contributed by atoms with Gasteiger partial charge in [-0.25, -0.2) is 0 Å². The van der Waals surface area contributed by atoms with Crippen molar-refractivity contribution in [3.05, 3.63) is 27.9 Å². The Hall–Kier alpha value is -1.18. The number of rotatable bonds is 2. The summed E-state index contributed by atoms with van der Waals surface area (Å²) < 4.78 is 27.7. The molecule has 1 aromatic carbocycles. The van der Waals surface area contributed by atoms with Crippen molar-refractivity contribution in [3.63, 3.8) is 0 Å². The molecule has 0 aliphatic carbocycles. The number of H-pyrrole nitrogens is 1. The van der Waals surface area contributed by atoms with Gasteiger partial charge >= 0.3 is 4.87 Å². The summed E-state index contributed by atoms with van der Waals surface area (Å²) >= 11 is 0.962. The third kappa shape index (κ3) is 1.81. The fourth-order valence-electron chi connectivity index (χ4n) is 1.18. The van der Waals surface area contributed by atoms with Gasteiger partial charge in [0.15, 0.2) is 0 Å². The van der Waals surface area contributed by atoms with Gasteiger partial charge in [-0.3, -0.25) is 8.98 Å². The molecule has 0 atom stereocenters. The van der Waals surface area contributed by atoms with E-state index < -0.39 is 10.1 Å². The molecular formula is C8H7NO4S2. The SMILES string of the molecule is COS(=O)(=O)c1ccc2[nH]c(=O)sc2c1. The molecule has 0 radical (unpaired) electrons. The third-order valence-corrected chi connectivity index (χ3v) is 4.02. The van der Waals surface area contributed by atoms with Crippen LogP contribution in [0, 0.1) is 0 Å². The van der Waals surface area contributed by atoms with E-state index in [4.69, 9.17) is 0 Å². The molecule has 5 nitrogen and oxygen atoms in total. The second kappa shape index (κ2) is 3.44. The molecular weight excluding hydrogens is 238 g/mol. The molecule has 1 aromatic heterocycles. The van der Waals surface area contributed by atoms with Crippen LogP contribution in [0.1, 0.15) is 0 Å². The van der Waals surface area contributed by atoms with Crippen LogP contribution in [0.15, 0.2) is 27.9 Å². The highest BCUT2D eigenvalue weighted by atomic mass is 32.2. The van der Waals surface area contributed by atoms with Crippen LogP contribution in [-0.2, 0) is 14.3 Å². The lowest BCUT2D eigenvalue weighted by Crippen LogP contribution is -2.02. The maximum absolute atomic E-state index is 11.3. The predicted octanol–water partition coefficient (Wildman–Crippen LogP) is 0.925. The van der Waals surface area contributed by atoms with Crippen molar-refractivity contribution >= 4 is 31.7 Å². The standard InChI is InChI=1S/C8H7NO4S2/c1-13-15(11,12)5-2-3-6-7(4-5)14-8(10)9-6/h2-4H,1H3,(H,9,10). The first kappa shape index (κ1) is 10.3. The molecule has 0 bridgehead atoms. The molecule has 0 aliphatic rings. The van der Waals surface area contributed by atoms with Crippen molar-refractivity contribution in [1.29, 1.82) is 0 Å². The molecule has 1 heterocycles. The second-order valence-electron chi connectivity index (χ2n) is 2.79. The van der Waals surface area contributed by atoms with Gasteiger partial charge in [-0.05, 0) is 18.2 Å². The van der Waals surface area contributed by atoms with Crippen LogP contribution in [0.3, 0.4) is 0 Å². The van der Waals surface area contributed by atoms with Gasteiger partial charge in [0.2, 0.25) is 0 Å². The Kier molecular flexibility index (Phi) is 2.37. The zero-order valence-corrected chi connectivity index (χ0v) is 9.31. The van der Waals surface area contributed by atoms with Gasteiger partial charge in [0, 0.05) is 0 Å². The van der Waals surface area contributed by atoms with Gasteiger partial charge in [-0.1, -0.05) is 11.3 Å². The average molecular weight is 245 g/mol. The maximum Gasteiger partial charge on any atom is 0.305 e. The quantitative estimate of drug-likeness (QED) is 0.798. The van der Waals surface area contributed by atoms with E-state index in [-0.39, 0.29) is 9.77 Å². The lowest BCUT2D eigenvalue weighted by Gasteiger charge is -1.99. The van der Waals surface area contributed by atoms with E-state index >= 15 is 0 Å². The van der Waals surface area contributed by atoms with E-state index in [1.807, 2.05) is 0 Å². The highest BCUT2D eigenvalue weighted by Crippen LogP contribution is 2.20. The normalized spacial score (nSPS) is 12.1. The van der Waals surface area contributed by atoms with Crippen molar-refractivity contribution in [2.45, 2.75) is 4.90 Å². The minimum atomic E-state index is -3.69. The van der Waals surface area contributed by atoms with Crippen molar-refractivity contribution in [2.75, 3.05) is 7.11 Å². The molecule has 80 valence electrons. The summed E-state index contributed by atoms with van der Waals surface area (Å²) in [6.45, 7) is 0. The molecule has 0 spiro atoms. The fourth-order valence-corrected chi connectivity index (χ4v) is 2.72. The molecule has 0 unspecified atom stereocenters. The van der Waals surface area contributed by atoms with Crippen LogP contribution in [0.25, 0.3) is 10.2 Å². The van der Waals surface area contributed by atoms with Crippen LogP contribution in [0.4, 0.5) is 0 Å². The molecule has 2 aromatic rings. The van der Waals surface area contributed by atoms with Crippen molar-refractivity contribution in [2.24, 2.45) is 0 Å². The summed E-state index contributed by atoms with van der Waals surface area (Å²) in [7, 11) is -2.59. The van der Waals surface area contributed by atoms with Crippen LogP contribution in [0.5, 0.6) is 0 Å². The van der Waals surface area contributed by atoms with Gasteiger partial charge in [0.1, 0.15) is 0 Å². The molecule has 0 fully saturated rings. The van der Waals surface area contributed by atoms with Gasteiger partial charge < -0.3 is 4.98 Å². The number of hydrogen-bond acceptors (Lipinski definition) is 5. The molecule has 0 saturated carbocycles. The number of benzene rings is 1. The van der Waals surface area contributed by atoms with E-state index in [1.54, 1.807) is 6.07 Å². The number of nitrogens with one attached hydrogen (secondary N) is 1. The Bertz CT molecular complexity index is 653. The minimum Gasteiger partial charge on any atom is -0.312 e. The fraction of sp³-hybridized carbons (Fsp3) is 0.125. The van der Waals surface area contributed by atoms with E-state index in [0.717, 1.165) is 18.4 Å². The topological polar surface area (TPSA) is 76.2 Å². The van der Waals surface area contributed by atoms with Gasteiger partial charge in [-0.15, -0.1) is 0 Å². The first-order valence-electron chi connectivity index (χ1n) is 3.96. The van der Waals surface area contributed by atoms with E-state index in [9.17, 15) is 13.2 Å². The zero-order valence-electron chi connectivity index (χ0n) is 7.68. The number of thiazole rings is 1. The molecule has 1 N–H and O–H groups in total. The van der Waals surface area contributed by atoms with Crippen LogP contribution < -0.4 is 4.87 Å². The molecule has 2 rings (SSSR count). The van der Waals surface area contributed by atoms with Crippen molar-refractivity contribution < 1.29 is 12.6 Å².